The number of nitrogens with zero attached hydrogens (tertiary/aromatic N) is 1. The lowest BCUT2D eigenvalue weighted by Crippen LogP contribution is -2.48. The largest absolute Gasteiger partial charge is 0.459 e. The van der Waals surface area contributed by atoms with E-state index in [1.54, 1.807) is 40.7 Å². The number of carbonyl (C=O) groups excluding carboxylic acids is 2. The van der Waals surface area contributed by atoms with E-state index >= 15 is 0 Å². The average molecular weight is 526 g/mol. The van der Waals surface area contributed by atoms with Gasteiger partial charge in [0.2, 0.25) is 0 Å². The highest BCUT2D eigenvalue weighted by molar-refractivity contribution is 7.09. The van der Waals surface area contributed by atoms with E-state index in [1.165, 1.54) is 11.3 Å². The van der Waals surface area contributed by atoms with Gasteiger partial charge in [0.15, 0.2) is 0 Å². The SMILES string of the molecule is C/C(=C\c1csc(C)n1)[C@@H](O)CC1OC(=O)C[C@H](O)C(C)(C)C(=O)[C@H](C)[C@@H](O)[C@@H](C)CCC[C@]1(C)O. The Morgan fingerprint density at radius 1 is 1.28 bits per heavy atom. The van der Waals surface area contributed by atoms with Gasteiger partial charge in [-0.3, -0.25) is 9.59 Å². The summed E-state index contributed by atoms with van der Waals surface area (Å²) in [6.07, 6.45) is -1.70. The van der Waals surface area contributed by atoms with Gasteiger partial charge in [-0.15, -0.1) is 11.3 Å². The number of hydrogen-bond acceptors (Lipinski definition) is 9. The van der Waals surface area contributed by atoms with E-state index in [4.69, 9.17) is 4.74 Å². The van der Waals surface area contributed by atoms with Crippen LogP contribution in [0.25, 0.3) is 6.08 Å². The van der Waals surface area contributed by atoms with E-state index in [-0.39, 0.29) is 24.5 Å². The van der Waals surface area contributed by atoms with Crippen molar-refractivity contribution in [3.05, 3.63) is 21.7 Å². The van der Waals surface area contributed by atoms with Gasteiger partial charge >= 0.3 is 5.97 Å². The third-order valence-corrected chi connectivity index (χ3v) is 8.41. The fourth-order valence-electron chi connectivity index (χ4n) is 4.73. The smallest absolute Gasteiger partial charge is 0.308 e. The van der Waals surface area contributed by atoms with E-state index < -0.39 is 53.7 Å². The highest BCUT2D eigenvalue weighted by Crippen LogP contribution is 2.34. The normalized spacial score (nSPS) is 34.1. The van der Waals surface area contributed by atoms with Crippen LogP contribution in [-0.2, 0) is 14.3 Å². The number of ether oxygens (including phenoxy) is 1. The van der Waals surface area contributed by atoms with Crippen LogP contribution >= 0.6 is 11.3 Å². The zero-order chi connectivity index (χ0) is 27.4. The minimum Gasteiger partial charge on any atom is -0.459 e. The standard InChI is InChI=1S/C27H43NO7S/c1-15-9-8-10-27(7,34)22(12-20(29)16(2)11-19-14-36-18(4)28-19)35-23(31)13-21(30)26(5,6)25(33)17(3)24(15)32/h11,14-15,17,20-22,24,29-30,32,34H,8-10,12-13H2,1-7H3/b16-11+/t15-,17+,20-,21-,22?,24-,27-/m0/s1. The lowest BCUT2D eigenvalue weighted by atomic mass is 9.72. The number of aromatic nitrogens is 1. The van der Waals surface area contributed by atoms with E-state index in [1.807, 2.05) is 19.2 Å². The molecule has 8 nitrogen and oxygen atoms in total. The second-order valence-corrected chi connectivity index (χ2v) is 12.3. The summed E-state index contributed by atoms with van der Waals surface area (Å²) >= 11 is 1.50. The molecule has 1 aromatic rings. The third kappa shape index (κ3) is 7.68. The Hall–Kier alpha value is -1.65. The fraction of sp³-hybridized carbons (Fsp3) is 0.741. The second-order valence-electron chi connectivity index (χ2n) is 11.2. The molecular formula is C27H43NO7S. The molecule has 2 heterocycles. The predicted octanol–water partition coefficient (Wildman–Crippen LogP) is 3.43. The van der Waals surface area contributed by atoms with Crippen molar-refractivity contribution in [1.29, 1.82) is 0 Å². The molecule has 1 aliphatic heterocycles. The van der Waals surface area contributed by atoms with Crippen molar-refractivity contribution in [2.75, 3.05) is 0 Å². The van der Waals surface area contributed by atoms with Gasteiger partial charge in [0.25, 0.3) is 0 Å². The Kier molecular flexibility index (Phi) is 10.4. The van der Waals surface area contributed by atoms with E-state index in [9.17, 15) is 30.0 Å². The maximum Gasteiger partial charge on any atom is 0.308 e. The van der Waals surface area contributed by atoms with Crippen LogP contribution < -0.4 is 0 Å². The fourth-order valence-corrected chi connectivity index (χ4v) is 5.30. The summed E-state index contributed by atoms with van der Waals surface area (Å²) in [4.78, 5) is 30.3. The van der Waals surface area contributed by atoms with Crippen LogP contribution in [0, 0.1) is 24.2 Å². The zero-order valence-corrected chi connectivity index (χ0v) is 23.3. The number of ketones is 1. The number of carbonyl (C=O) groups is 2. The summed E-state index contributed by atoms with van der Waals surface area (Å²) in [6.45, 7) is 11.8. The van der Waals surface area contributed by atoms with Crippen LogP contribution in [0.1, 0.15) is 84.3 Å². The Morgan fingerprint density at radius 2 is 1.92 bits per heavy atom. The van der Waals surface area contributed by atoms with Gasteiger partial charge in [-0.05, 0) is 51.2 Å². The van der Waals surface area contributed by atoms with Crippen molar-refractivity contribution in [1.82, 2.24) is 4.98 Å². The molecule has 7 atom stereocenters. The molecule has 4 N–H and O–H groups in total. The quantitative estimate of drug-likeness (QED) is 0.439. The first kappa shape index (κ1) is 30.6. The summed E-state index contributed by atoms with van der Waals surface area (Å²) in [5.74, 6) is -2.02. The van der Waals surface area contributed by atoms with Gasteiger partial charge in [0.05, 0.1) is 46.5 Å². The first-order valence-electron chi connectivity index (χ1n) is 12.7. The summed E-state index contributed by atoms with van der Waals surface area (Å²) in [5, 5.41) is 46.5. The molecule has 0 bridgehead atoms. The van der Waals surface area contributed by atoms with Crippen LogP contribution in [0.5, 0.6) is 0 Å². The molecule has 1 unspecified atom stereocenters. The van der Waals surface area contributed by atoms with Crippen molar-refractivity contribution in [3.63, 3.8) is 0 Å². The Morgan fingerprint density at radius 3 is 2.50 bits per heavy atom. The molecule has 1 saturated heterocycles. The summed E-state index contributed by atoms with van der Waals surface area (Å²) in [6, 6.07) is 0. The minimum absolute atomic E-state index is 0.0438. The highest BCUT2D eigenvalue weighted by Gasteiger charge is 2.44. The van der Waals surface area contributed by atoms with Crippen molar-refractivity contribution in [2.45, 2.75) is 111 Å². The Bertz CT molecular complexity index is 938. The lowest BCUT2D eigenvalue weighted by Gasteiger charge is -2.37. The molecule has 1 aromatic heterocycles. The van der Waals surface area contributed by atoms with E-state index in [0.717, 1.165) is 10.7 Å². The molecule has 0 radical (unpaired) electrons. The molecule has 0 aliphatic carbocycles. The van der Waals surface area contributed by atoms with Crippen LogP contribution in [-0.4, -0.2) is 67.2 Å². The van der Waals surface area contributed by atoms with Gasteiger partial charge in [-0.25, -0.2) is 4.98 Å². The van der Waals surface area contributed by atoms with E-state index in [2.05, 4.69) is 4.98 Å². The minimum atomic E-state index is -1.45. The molecule has 0 spiro atoms. The maximum atomic E-state index is 13.1. The van der Waals surface area contributed by atoms with Crippen LogP contribution in [0.4, 0.5) is 0 Å². The number of cyclic esters (lactones) is 1. The molecule has 1 fully saturated rings. The first-order chi connectivity index (χ1) is 16.6. The van der Waals surface area contributed by atoms with Crippen LogP contribution in [0.15, 0.2) is 11.0 Å². The van der Waals surface area contributed by atoms with Gasteiger partial charge in [0.1, 0.15) is 11.9 Å². The highest BCUT2D eigenvalue weighted by atomic mass is 32.1. The number of Topliss-reactive ketones (excluding diaryl/α,β-unsaturated/α-hetero) is 1. The monoisotopic (exact) mass is 525 g/mol. The number of hydrogen-bond donors (Lipinski definition) is 4. The van der Waals surface area contributed by atoms with Crippen molar-refractivity contribution in [3.8, 4) is 0 Å². The topological polar surface area (TPSA) is 137 Å². The third-order valence-electron chi connectivity index (χ3n) is 7.62. The van der Waals surface area contributed by atoms with Crippen LogP contribution in [0.2, 0.25) is 0 Å². The summed E-state index contributed by atoms with van der Waals surface area (Å²) < 4.78 is 5.65. The number of aliphatic hydroxyl groups is 4. The molecular weight excluding hydrogens is 482 g/mol. The molecule has 1 aliphatic rings. The number of aliphatic hydroxyl groups excluding tert-OH is 3. The molecule has 204 valence electrons. The van der Waals surface area contributed by atoms with Crippen LogP contribution in [0.3, 0.4) is 0 Å². The predicted molar refractivity (Wildman–Crippen MR) is 139 cm³/mol. The van der Waals surface area contributed by atoms with Crippen molar-refractivity contribution < 1.29 is 34.8 Å². The molecule has 2 rings (SSSR count). The molecule has 0 amide bonds. The second kappa shape index (κ2) is 12.3. The van der Waals surface area contributed by atoms with E-state index in [0.29, 0.717) is 18.4 Å². The van der Waals surface area contributed by atoms with Crippen molar-refractivity contribution in [2.24, 2.45) is 17.3 Å². The number of thiazole rings is 1. The first-order valence-corrected chi connectivity index (χ1v) is 13.5. The number of aryl methyl sites for hydroxylation is 1. The van der Waals surface area contributed by atoms with Gasteiger partial charge in [-0.2, -0.15) is 0 Å². The molecule has 36 heavy (non-hydrogen) atoms. The number of rotatable bonds is 4. The Balaban J connectivity index is 2.30. The summed E-state index contributed by atoms with van der Waals surface area (Å²) in [7, 11) is 0. The van der Waals surface area contributed by atoms with Gasteiger partial charge < -0.3 is 25.2 Å². The Labute approximate surface area is 218 Å². The van der Waals surface area contributed by atoms with Crippen molar-refractivity contribution >= 4 is 29.2 Å². The summed E-state index contributed by atoms with van der Waals surface area (Å²) in [5.41, 5.74) is -1.40. The number of esters is 1. The molecule has 0 saturated carbocycles. The molecule has 0 aromatic carbocycles. The van der Waals surface area contributed by atoms with Gasteiger partial charge in [-0.1, -0.05) is 34.1 Å². The van der Waals surface area contributed by atoms with Gasteiger partial charge in [0, 0.05) is 17.7 Å². The molecule has 9 heteroatoms. The lowest BCUT2D eigenvalue weighted by molar-refractivity contribution is -0.172. The maximum absolute atomic E-state index is 13.1. The average Bonchev–Trinajstić information content (AvgIpc) is 3.20. The zero-order valence-electron chi connectivity index (χ0n) is 22.5.